The Labute approximate surface area is 141 Å². The maximum absolute atomic E-state index is 12.4. The summed E-state index contributed by atoms with van der Waals surface area (Å²) < 4.78 is 5.05. The third kappa shape index (κ3) is 4.05. The Kier molecular flexibility index (Phi) is 5.43. The van der Waals surface area contributed by atoms with Crippen molar-refractivity contribution in [1.29, 1.82) is 5.26 Å². The number of phenolic OH excluding ortho intramolecular Hbond substituents is 1. The monoisotopic (exact) mass is 324 g/mol. The highest BCUT2D eigenvalue weighted by Gasteiger charge is 2.20. The molecule has 0 aromatic heterocycles. The molecule has 0 bridgehead atoms. The van der Waals surface area contributed by atoms with Crippen LogP contribution in [0.25, 0.3) is 0 Å². The Hall–Kier alpha value is -3.00. The van der Waals surface area contributed by atoms with Crippen molar-refractivity contribution in [2.75, 3.05) is 12.4 Å². The summed E-state index contributed by atoms with van der Waals surface area (Å²) in [7, 11) is 1.45. The van der Waals surface area contributed by atoms with Gasteiger partial charge in [0.15, 0.2) is 11.5 Å². The van der Waals surface area contributed by atoms with Crippen LogP contribution in [0.1, 0.15) is 16.7 Å². The van der Waals surface area contributed by atoms with Crippen LogP contribution >= 0.6 is 0 Å². The topological polar surface area (TPSA) is 82.3 Å². The molecule has 5 nitrogen and oxygen atoms in total. The van der Waals surface area contributed by atoms with Crippen molar-refractivity contribution in [1.82, 2.24) is 0 Å². The molecule has 2 aromatic carbocycles. The number of methoxy groups -OCH3 is 1. The quantitative estimate of drug-likeness (QED) is 0.883. The van der Waals surface area contributed by atoms with Gasteiger partial charge >= 0.3 is 0 Å². The van der Waals surface area contributed by atoms with Gasteiger partial charge in [-0.3, -0.25) is 4.79 Å². The van der Waals surface area contributed by atoms with Gasteiger partial charge in [0.05, 0.1) is 13.2 Å². The molecule has 0 aliphatic rings. The lowest BCUT2D eigenvalue weighted by Crippen LogP contribution is -2.24. The number of anilines is 1. The third-order valence-electron chi connectivity index (χ3n) is 3.81. The van der Waals surface area contributed by atoms with Crippen molar-refractivity contribution in [3.63, 3.8) is 0 Å². The van der Waals surface area contributed by atoms with E-state index in [0.29, 0.717) is 11.4 Å². The molecular weight excluding hydrogens is 304 g/mol. The lowest BCUT2D eigenvalue weighted by Gasteiger charge is -2.13. The Morgan fingerprint density at radius 1 is 1.29 bits per heavy atom. The van der Waals surface area contributed by atoms with Crippen LogP contribution in [0.15, 0.2) is 36.4 Å². The molecule has 0 radical (unpaired) electrons. The fraction of sp³-hybridized carbons (Fsp3) is 0.263. The molecule has 0 fully saturated rings. The normalized spacial score (nSPS) is 11.4. The number of hydrogen-bond donors (Lipinski definition) is 2. The van der Waals surface area contributed by atoms with Crippen LogP contribution in [0.3, 0.4) is 0 Å². The van der Waals surface area contributed by atoms with Crippen molar-refractivity contribution in [3.8, 4) is 17.6 Å². The van der Waals surface area contributed by atoms with Crippen LogP contribution in [-0.4, -0.2) is 18.1 Å². The number of rotatable bonds is 5. The zero-order valence-electron chi connectivity index (χ0n) is 14.0. The van der Waals surface area contributed by atoms with Gasteiger partial charge in [-0.1, -0.05) is 18.2 Å². The summed E-state index contributed by atoms with van der Waals surface area (Å²) in [5.74, 6) is -0.842. The van der Waals surface area contributed by atoms with E-state index in [1.807, 2.05) is 38.1 Å². The number of ether oxygens (including phenoxy) is 1. The van der Waals surface area contributed by atoms with Gasteiger partial charge in [-0.05, 0) is 55.2 Å². The molecule has 0 aliphatic heterocycles. The molecule has 0 spiro atoms. The fourth-order valence-corrected chi connectivity index (χ4v) is 2.37. The summed E-state index contributed by atoms with van der Waals surface area (Å²) in [6.45, 7) is 3.85. The van der Waals surface area contributed by atoms with Gasteiger partial charge in [-0.2, -0.15) is 5.26 Å². The number of phenols is 1. The summed E-state index contributed by atoms with van der Waals surface area (Å²) in [6, 6.07) is 12.6. The fourth-order valence-electron chi connectivity index (χ4n) is 2.37. The molecule has 0 saturated heterocycles. The second-order valence-corrected chi connectivity index (χ2v) is 5.70. The highest BCUT2D eigenvalue weighted by molar-refractivity contribution is 5.95. The largest absolute Gasteiger partial charge is 0.504 e. The second kappa shape index (κ2) is 7.51. The molecule has 24 heavy (non-hydrogen) atoms. The minimum Gasteiger partial charge on any atom is -0.504 e. The number of carbonyl (C=O) groups is 1. The smallest absolute Gasteiger partial charge is 0.242 e. The van der Waals surface area contributed by atoms with E-state index in [2.05, 4.69) is 5.32 Å². The maximum Gasteiger partial charge on any atom is 0.242 e. The molecule has 2 aromatic rings. The Balaban J connectivity index is 2.15. The molecule has 2 N–H and O–H groups in total. The summed E-state index contributed by atoms with van der Waals surface area (Å²) in [5.41, 5.74) is 3.43. The zero-order chi connectivity index (χ0) is 17.7. The van der Waals surface area contributed by atoms with Crippen LogP contribution in [0.2, 0.25) is 0 Å². The van der Waals surface area contributed by atoms with E-state index in [9.17, 15) is 15.2 Å². The van der Waals surface area contributed by atoms with Crippen molar-refractivity contribution >= 4 is 11.6 Å². The molecule has 0 saturated carbocycles. The zero-order valence-corrected chi connectivity index (χ0v) is 14.0. The van der Waals surface area contributed by atoms with Crippen LogP contribution in [-0.2, 0) is 11.2 Å². The maximum atomic E-state index is 12.4. The van der Waals surface area contributed by atoms with Gasteiger partial charge in [-0.25, -0.2) is 0 Å². The first kappa shape index (κ1) is 17.4. The molecule has 124 valence electrons. The summed E-state index contributed by atoms with van der Waals surface area (Å²) in [5, 5.41) is 21.8. The van der Waals surface area contributed by atoms with Crippen LogP contribution in [0.4, 0.5) is 5.69 Å². The first-order valence-electron chi connectivity index (χ1n) is 7.58. The highest BCUT2D eigenvalue weighted by atomic mass is 16.5. The van der Waals surface area contributed by atoms with Gasteiger partial charge < -0.3 is 15.2 Å². The Bertz CT molecular complexity index is 794. The van der Waals surface area contributed by atoms with Gasteiger partial charge in [-0.15, -0.1) is 0 Å². The van der Waals surface area contributed by atoms with E-state index < -0.39 is 5.92 Å². The van der Waals surface area contributed by atoms with Gasteiger partial charge in [0.1, 0.15) is 5.92 Å². The number of benzene rings is 2. The van der Waals surface area contributed by atoms with Gasteiger partial charge in [0, 0.05) is 5.69 Å². The molecule has 0 heterocycles. The molecule has 1 amide bonds. The average Bonchev–Trinajstić information content (AvgIpc) is 2.57. The molecule has 2 rings (SSSR count). The van der Waals surface area contributed by atoms with E-state index in [1.54, 1.807) is 12.1 Å². The summed E-state index contributed by atoms with van der Waals surface area (Å²) >= 11 is 0. The first-order valence-corrected chi connectivity index (χ1v) is 7.58. The predicted molar refractivity (Wildman–Crippen MR) is 92.0 cm³/mol. The van der Waals surface area contributed by atoms with E-state index in [0.717, 1.165) is 16.7 Å². The lowest BCUT2D eigenvalue weighted by molar-refractivity contribution is -0.118. The van der Waals surface area contributed by atoms with Crippen molar-refractivity contribution in [2.24, 2.45) is 5.92 Å². The number of hydrogen-bond acceptors (Lipinski definition) is 4. The van der Waals surface area contributed by atoms with E-state index in [1.165, 1.54) is 13.2 Å². The van der Waals surface area contributed by atoms with Gasteiger partial charge in [0.2, 0.25) is 5.91 Å². The number of amides is 1. The standard InChI is InChI=1S/C19H20N2O3/c1-12-4-5-13(2)16(8-12)21-19(23)15(11-20)9-14-6-7-17(22)18(10-14)24-3/h4-8,10,15,22H,9H2,1-3H3,(H,21,23)/t15-/m0/s1. The minimum absolute atomic E-state index is 0.0228. The van der Waals surface area contributed by atoms with Crippen LogP contribution in [0, 0.1) is 31.1 Å². The molecular formula is C19H20N2O3. The van der Waals surface area contributed by atoms with Crippen LogP contribution in [0.5, 0.6) is 11.5 Å². The lowest BCUT2D eigenvalue weighted by atomic mass is 9.99. The number of nitrogens with one attached hydrogen (secondary N) is 1. The summed E-state index contributed by atoms with van der Waals surface area (Å²) in [4.78, 5) is 12.4. The molecule has 0 unspecified atom stereocenters. The molecule has 5 heteroatoms. The number of aryl methyl sites for hydroxylation is 2. The number of aromatic hydroxyl groups is 1. The summed E-state index contributed by atoms with van der Waals surface area (Å²) in [6.07, 6.45) is 0.240. The second-order valence-electron chi connectivity index (χ2n) is 5.70. The van der Waals surface area contributed by atoms with E-state index in [4.69, 9.17) is 4.74 Å². The van der Waals surface area contributed by atoms with Crippen molar-refractivity contribution < 1.29 is 14.6 Å². The number of nitrogens with zero attached hydrogens (tertiary/aromatic N) is 1. The third-order valence-corrected chi connectivity index (χ3v) is 3.81. The number of nitriles is 1. The van der Waals surface area contributed by atoms with Crippen molar-refractivity contribution in [2.45, 2.75) is 20.3 Å². The predicted octanol–water partition coefficient (Wildman–Crippen LogP) is 3.34. The average molecular weight is 324 g/mol. The Morgan fingerprint density at radius 2 is 2.04 bits per heavy atom. The SMILES string of the molecule is COc1cc(C[C@@H](C#N)C(=O)Nc2cc(C)ccc2C)ccc1O. The Morgan fingerprint density at radius 3 is 2.71 bits per heavy atom. The van der Waals surface area contributed by atoms with E-state index in [-0.39, 0.29) is 18.1 Å². The van der Waals surface area contributed by atoms with E-state index >= 15 is 0 Å². The molecule has 1 atom stereocenters. The van der Waals surface area contributed by atoms with Crippen molar-refractivity contribution in [3.05, 3.63) is 53.1 Å². The minimum atomic E-state index is -0.834. The first-order chi connectivity index (χ1) is 11.4. The number of carbonyl (C=O) groups excluding carboxylic acids is 1. The van der Waals surface area contributed by atoms with Gasteiger partial charge in [0.25, 0.3) is 0 Å². The molecule has 0 aliphatic carbocycles. The highest BCUT2D eigenvalue weighted by Crippen LogP contribution is 2.27. The van der Waals surface area contributed by atoms with Crippen LogP contribution < -0.4 is 10.1 Å².